The van der Waals surface area contributed by atoms with Crippen LogP contribution in [-0.4, -0.2) is 44.0 Å². The van der Waals surface area contributed by atoms with E-state index in [0.717, 1.165) is 11.1 Å². The maximum absolute atomic E-state index is 13.5. The molecule has 3 N–H and O–H groups in total. The minimum absolute atomic E-state index is 0.137. The van der Waals surface area contributed by atoms with Crippen LogP contribution in [0, 0.1) is 5.82 Å². The molecule has 1 atom stereocenters. The third-order valence-electron chi connectivity index (χ3n) is 4.28. The molecule has 0 aliphatic rings. The number of urea groups is 1. The molecule has 0 saturated heterocycles. The van der Waals surface area contributed by atoms with E-state index in [4.69, 9.17) is 0 Å². The van der Waals surface area contributed by atoms with E-state index in [1.807, 2.05) is 55.4 Å². The summed E-state index contributed by atoms with van der Waals surface area (Å²) in [6, 6.07) is 15.5. The van der Waals surface area contributed by atoms with Gasteiger partial charge < -0.3 is 20.9 Å². The third kappa shape index (κ3) is 7.36. The Morgan fingerprint density at radius 2 is 1.75 bits per heavy atom. The van der Waals surface area contributed by atoms with Gasteiger partial charge in [0.1, 0.15) is 5.82 Å². The van der Waals surface area contributed by atoms with Crippen molar-refractivity contribution in [2.75, 3.05) is 27.2 Å². The molecule has 0 aliphatic heterocycles. The number of rotatable bonds is 9. The Morgan fingerprint density at radius 3 is 2.43 bits per heavy atom. The van der Waals surface area contributed by atoms with Crippen molar-refractivity contribution in [3.63, 3.8) is 0 Å². The van der Waals surface area contributed by atoms with E-state index in [-0.39, 0.29) is 36.8 Å². The lowest BCUT2D eigenvalue weighted by Gasteiger charge is -2.25. The number of carbonyl (C=O) groups is 2. The molecule has 0 unspecified atom stereocenters. The van der Waals surface area contributed by atoms with Gasteiger partial charge in [-0.25, -0.2) is 9.18 Å². The summed E-state index contributed by atoms with van der Waals surface area (Å²) in [5, 5.41) is 8.24. The number of nitrogens with zero attached hydrogens (tertiary/aromatic N) is 1. The minimum Gasteiger partial charge on any atom is -0.354 e. The summed E-state index contributed by atoms with van der Waals surface area (Å²) in [6.45, 7) is 1.02. The van der Waals surface area contributed by atoms with Gasteiger partial charge >= 0.3 is 6.03 Å². The minimum atomic E-state index is -0.317. The Balaban J connectivity index is 1.69. The Hall–Kier alpha value is -2.93. The monoisotopic (exact) mass is 386 g/mol. The van der Waals surface area contributed by atoms with Crippen molar-refractivity contribution in [3.8, 4) is 0 Å². The molecule has 0 fully saturated rings. The lowest BCUT2D eigenvalue weighted by atomic mass is 10.1. The number of benzene rings is 2. The summed E-state index contributed by atoms with van der Waals surface area (Å²) in [4.78, 5) is 25.7. The van der Waals surface area contributed by atoms with Crippen molar-refractivity contribution in [2.24, 2.45) is 0 Å². The molecule has 0 aromatic heterocycles. The second kappa shape index (κ2) is 11.0. The van der Waals surface area contributed by atoms with E-state index in [0.29, 0.717) is 13.1 Å². The van der Waals surface area contributed by atoms with Gasteiger partial charge in [-0.05, 0) is 37.4 Å². The van der Waals surface area contributed by atoms with Crippen LogP contribution in [0.3, 0.4) is 0 Å². The van der Waals surface area contributed by atoms with Gasteiger partial charge in [-0.1, -0.05) is 42.5 Å². The summed E-state index contributed by atoms with van der Waals surface area (Å²) in [5.74, 6) is -0.479. The molecule has 0 bridgehead atoms. The van der Waals surface area contributed by atoms with Crippen molar-refractivity contribution in [1.29, 1.82) is 0 Å². The molecule has 3 amide bonds. The number of halogens is 1. The SMILES string of the molecule is CN(C)[C@H](CNC(=O)CCNC(=O)NCc1ccccc1)c1cccc(F)c1. The summed E-state index contributed by atoms with van der Waals surface area (Å²) in [7, 11) is 3.75. The molecular weight excluding hydrogens is 359 g/mol. The summed E-state index contributed by atoms with van der Waals surface area (Å²) in [5.41, 5.74) is 1.80. The summed E-state index contributed by atoms with van der Waals surface area (Å²) < 4.78 is 13.5. The lowest BCUT2D eigenvalue weighted by molar-refractivity contribution is -0.121. The fraction of sp³-hybridized carbons (Fsp3) is 0.333. The largest absolute Gasteiger partial charge is 0.354 e. The number of hydrogen-bond donors (Lipinski definition) is 3. The molecule has 2 rings (SSSR count). The molecule has 0 spiro atoms. The van der Waals surface area contributed by atoms with Crippen molar-refractivity contribution < 1.29 is 14.0 Å². The quantitative estimate of drug-likeness (QED) is 0.620. The highest BCUT2D eigenvalue weighted by Gasteiger charge is 2.16. The molecule has 0 heterocycles. The van der Waals surface area contributed by atoms with Crippen molar-refractivity contribution in [1.82, 2.24) is 20.9 Å². The van der Waals surface area contributed by atoms with E-state index in [1.54, 1.807) is 6.07 Å². The van der Waals surface area contributed by atoms with E-state index < -0.39 is 0 Å². The molecular formula is C21H27FN4O2. The molecule has 2 aromatic rings. The number of carbonyl (C=O) groups excluding carboxylic acids is 2. The van der Waals surface area contributed by atoms with Gasteiger partial charge in [0.2, 0.25) is 5.91 Å². The Kier molecular flexibility index (Phi) is 8.42. The molecule has 150 valence electrons. The zero-order valence-corrected chi connectivity index (χ0v) is 16.2. The van der Waals surface area contributed by atoms with E-state index in [1.165, 1.54) is 12.1 Å². The average molecular weight is 386 g/mol. The first-order chi connectivity index (χ1) is 13.5. The number of hydrogen-bond acceptors (Lipinski definition) is 3. The summed E-state index contributed by atoms with van der Waals surface area (Å²) >= 11 is 0. The normalized spacial score (nSPS) is 11.7. The van der Waals surface area contributed by atoms with Gasteiger partial charge in [-0.2, -0.15) is 0 Å². The van der Waals surface area contributed by atoms with Gasteiger partial charge in [0.25, 0.3) is 0 Å². The van der Waals surface area contributed by atoms with E-state index in [9.17, 15) is 14.0 Å². The molecule has 28 heavy (non-hydrogen) atoms. The molecule has 0 aliphatic carbocycles. The predicted octanol–water partition coefficient (Wildman–Crippen LogP) is 2.43. The maximum Gasteiger partial charge on any atom is 0.315 e. The highest BCUT2D eigenvalue weighted by atomic mass is 19.1. The predicted molar refractivity (Wildman–Crippen MR) is 107 cm³/mol. The van der Waals surface area contributed by atoms with Crippen LogP contribution in [0.5, 0.6) is 0 Å². The number of amides is 3. The van der Waals surface area contributed by atoms with Crippen molar-refractivity contribution in [2.45, 2.75) is 19.0 Å². The third-order valence-corrected chi connectivity index (χ3v) is 4.28. The van der Waals surface area contributed by atoms with Crippen LogP contribution in [0.25, 0.3) is 0 Å². The fourth-order valence-electron chi connectivity index (χ4n) is 2.74. The van der Waals surface area contributed by atoms with Crippen LogP contribution >= 0.6 is 0 Å². The zero-order valence-electron chi connectivity index (χ0n) is 16.2. The van der Waals surface area contributed by atoms with Crippen LogP contribution < -0.4 is 16.0 Å². The van der Waals surface area contributed by atoms with Crippen LogP contribution in [0.1, 0.15) is 23.6 Å². The molecule has 6 nitrogen and oxygen atoms in total. The van der Waals surface area contributed by atoms with Crippen LogP contribution in [0.4, 0.5) is 9.18 Å². The first-order valence-corrected chi connectivity index (χ1v) is 9.20. The Bertz CT molecular complexity index is 768. The lowest BCUT2D eigenvalue weighted by Crippen LogP contribution is -2.39. The van der Waals surface area contributed by atoms with Crippen LogP contribution in [-0.2, 0) is 11.3 Å². The average Bonchev–Trinajstić information content (AvgIpc) is 2.67. The fourth-order valence-corrected chi connectivity index (χ4v) is 2.74. The van der Waals surface area contributed by atoms with Gasteiger partial charge in [-0.15, -0.1) is 0 Å². The van der Waals surface area contributed by atoms with Crippen LogP contribution in [0.2, 0.25) is 0 Å². The van der Waals surface area contributed by atoms with E-state index >= 15 is 0 Å². The second-order valence-electron chi connectivity index (χ2n) is 6.68. The molecule has 7 heteroatoms. The van der Waals surface area contributed by atoms with Gasteiger partial charge in [0.05, 0.1) is 6.04 Å². The van der Waals surface area contributed by atoms with Crippen LogP contribution in [0.15, 0.2) is 54.6 Å². The first-order valence-electron chi connectivity index (χ1n) is 9.20. The van der Waals surface area contributed by atoms with Gasteiger partial charge in [-0.3, -0.25) is 4.79 Å². The zero-order chi connectivity index (χ0) is 20.4. The van der Waals surface area contributed by atoms with Gasteiger partial charge in [0.15, 0.2) is 0 Å². The first kappa shape index (κ1) is 21.4. The molecule has 0 radical (unpaired) electrons. The Labute approximate surface area is 165 Å². The van der Waals surface area contributed by atoms with E-state index in [2.05, 4.69) is 16.0 Å². The standard InChI is InChI=1S/C21H27FN4O2/c1-26(2)19(17-9-6-10-18(22)13-17)15-24-20(27)11-12-23-21(28)25-14-16-7-4-3-5-8-16/h3-10,13,19H,11-12,14-15H2,1-2H3,(H,24,27)(H2,23,25,28)/t19-/m1/s1. The second-order valence-corrected chi connectivity index (χ2v) is 6.68. The highest BCUT2D eigenvalue weighted by Crippen LogP contribution is 2.18. The smallest absolute Gasteiger partial charge is 0.315 e. The number of likely N-dealkylation sites (N-methyl/N-ethyl adjacent to an activating group) is 1. The van der Waals surface area contributed by atoms with Crippen molar-refractivity contribution >= 4 is 11.9 Å². The molecule has 2 aromatic carbocycles. The number of nitrogens with one attached hydrogen (secondary N) is 3. The topological polar surface area (TPSA) is 73.5 Å². The highest BCUT2D eigenvalue weighted by molar-refractivity contribution is 5.78. The maximum atomic E-state index is 13.5. The summed E-state index contributed by atoms with van der Waals surface area (Å²) in [6.07, 6.45) is 0.169. The van der Waals surface area contributed by atoms with Gasteiger partial charge in [0, 0.05) is 26.1 Å². The molecule has 0 saturated carbocycles. The Morgan fingerprint density at radius 1 is 1.00 bits per heavy atom. The van der Waals surface area contributed by atoms with Crippen molar-refractivity contribution in [3.05, 3.63) is 71.5 Å².